The van der Waals surface area contributed by atoms with E-state index in [2.05, 4.69) is 16.1 Å². The second-order valence-electron chi connectivity index (χ2n) is 2.27. The van der Waals surface area contributed by atoms with Crippen molar-refractivity contribution in [2.24, 2.45) is 5.90 Å². The molecule has 10 heavy (non-hydrogen) atoms. The molecular weight excluding hydrogens is 138 g/mol. The van der Waals surface area contributed by atoms with Crippen molar-refractivity contribution in [3.63, 3.8) is 0 Å². The van der Waals surface area contributed by atoms with Crippen molar-refractivity contribution in [1.29, 1.82) is 0 Å². The minimum Gasteiger partial charge on any atom is -0.357 e. The lowest BCUT2D eigenvalue weighted by molar-refractivity contribution is 0.0535. The van der Waals surface area contributed by atoms with Crippen LogP contribution in [0.25, 0.3) is 0 Å². The van der Waals surface area contributed by atoms with Crippen LogP contribution in [0.15, 0.2) is 0 Å². The topological polar surface area (TPSA) is 96.6 Å². The van der Waals surface area contributed by atoms with Crippen LogP contribution in [0.5, 0.6) is 0 Å². The number of hydroxylamine groups is 1. The summed E-state index contributed by atoms with van der Waals surface area (Å²) in [5, 5.41) is 10.6. The molecule has 5 N–H and O–H groups in total. The van der Waals surface area contributed by atoms with E-state index in [0.717, 1.165) is 0 Å². The summed E-state index contributed by atoms with van der Waals surface area (Å²) in [5.41, 5.74) is 0.905. The minimum atomic E-state index is -0.934. The van der Waals surface area contributed by atoms with Crippen LogP contribution in [0.4, 0.5) is 4.79 Å². The first-order valence-electron chi connectivity index (χ1n) is 2.62. The maximum absolute atomic E-state index is 10.4. The number of hydrogen-bond donors (Lipinski definition) is 4. The molecule has 0 unspecified atom stereocenters. The molecule has 0 aromatic heterocycles. The smallest absolute Gasteiger partial charge is 0.357 e. The summed E-state index contributed by atoms with van der Waals surface area (Å²) in [6.45, 7) is 3.06. The Morgan fingerprint density at radius 3 is 2.50 bits per heavy atom. The molecule has 0 aromatic rings. The van der Waals surface area contributed by atoms with Crippen LogP contribution >= 0.6 is 0 Å². The molecule has 0 spiro atoms. The molecule has 0 fully saturated rings. The summed E-state index contributed by atoms with van der Waals surface area (Å²) >= 11 is 0. The molecule has 0 radical (unpaired) electrons. The fourth-order valence-corrected chi connectivity index (χ4v) is 0.313. The SMILES string of the molecule is CC(C)(NO)NC(=O)ON. The molecule has 0 rings (SSSR count). The van der Waals surface area contributed by atoms with Crippen molar-refractivity contribution >= 4 is 6.09 Å². The maximum Gasteiger partial charge on any atom is 0.427 e. The Morgan fingerprint density at radius 1 is 1.70 bits per heavy atom. The highest BCUT2D eigenvalue weighted by molar-refractivity contribution is 5.67. The average molecular weight is 149 g/mol. The third-order valence-electron chi connectivity index (χ3n) is 0.801. The zero-order valence-electron chi connectivity index (χ0n) is 5.84. The second kappa shape index (κ2) is 3.35. The van der Waals surface area contributed by atoms with Crippen molar-refractivity contribution < 1.29 is 14.8 Å². The van der Waals surface area contributed by atoms with Crippen LogP contribution in [0, 0.1) is 0 Å². The van der Waals surface area contributed by atoms with Gasteiger partial charge in [-0.15, -0.1) is 0 Å². The number of rotatable bonds is 2. The van der Waals surface area contributed by atoms with E-state index < -0.39 is 11.8 Å². The highest BCUT2D eigenvalue weighted by atomic mass is 16.7. The van der Waals surface area contributed by atoms with E-state index in [1.807, 2.05) is 5.48 Å². The van der Waals surface area contributed by atoms with Crippen LogP contribution in [0.2, 0.25) is 0 Å². The van der Waals surface area contributed by atoms with Gasteiger partial charge in [0.15, 0.2) is 0 Å². The Hall–Kier alpha value is -0.850. The van der Waals surface area contributed by atoms with Gasteiger partial charge in [-0.25, -0.2) is 4.79 Å². The van der Waals surface area contributed by atoms with Gasteiger partial charge in [0, 0.05) is 0 Å². The van der Waals surface area contributed by atoms with Crippen molar-refractivity contribution in [1.82, 2.24) is 10.8 Å². The van der Waals surface area contributed by atoms with Gasteiger partial charge >= 0.3 is 6.09 Å². The number of hydrogen-bond acceptors (Lipinski definition) is 5. The number of amides is 1. The van der Waals surface area contributed by atoms with Gasteiger partial charge in [0.1, 0.15) is 5.66 Å². The van der Waals surface area contributed by atoms with Gasteiger partial charge in [-0.3, -0.25) is 0 Å². The van der Waals surface area contributed by atoms with Crippen molar-refractivity contribution in [2.75, 3.05) is 0 Å². The van der Waals surface area contributed by atoms with Crippen LogP contribution in [0.1, 0.15) is 13.8 Å². The van der Waals surface area contributed by atoms with Gasteiger partial charge in [-0.05, 0) is 13.8 Å². The van der Waals surface area contributed by atoms with E-state index in [1.165, 1.54) is 13.8 Å². The third-order valence-corrected chi connectivity index (χ3v) is 0.801. The zero-order valence-corrected chi connectivity index (χ0v) is 5.84. The molecule has 0 aliphatic heterocycles. The average Bonchev–Trinajstić information content (AvgIpc) is 1.87. The lowest BCUT2D eigenvalue weighted by Gasteiger charge is -2.22. The first-order chi connectivity index (χ1) is 4.52. The van der Waals surface area contributed by atoms with Gasteiger partial charge in [0.25, 0.3) is 0 Å². The van der Waals surface area contributed by atoms with Crippen LogP contribution in [0.3, 0.4) is 0 Å². The second-order valence-corrected chi connectivity index (χ2v) is 2.27. The third kappa shape index (κ3) is 3.23. The van der Waals surface area contributed by atoms with E-state index >= 15 is 0 Å². The van der Waals surface area contributed by atoms with Crippen LogP contribution < -0.4 is 16.7 Å². The number of nitrogens with two attached hydrogens (primary N) is 1. The normalized spacial score (nSPS) is 10.8. The number of nitrogens with one attached hydrogen (secondary N) is 2. The molecule has 0 saturated heterocycles. The molecule has 0 atom stereocenters. The van der Waals surface area contributed by atoms with E-state index in [0.29, 0.717) is 0 Å². The summed E-state index contributed by atoms with van der Waals surface area (Å²) in [7, 11) is 0. The van der Waals surface area contributed by atoms with Gasteiger partial charge < -0.3 is 15.4 Å². The Kier molecular flexibility index (Phi) is 3.07. The predicted octanol–water partition coefficient (Wildman–Crippen LogP) is -0.699. The minimum absolute atomic E-state index is 0.813. The highest BCUT2D eigenvalue weighted by Crippen LogP contribution is 1.93. The first-order valence-corrected chi connectivity index (χ1v) is 2.62. The highest BCUT2D eigenvalue weighted by Gasteiger charge is 2.18. The summed E-state index contributed by atoms with van der Waals surface area (Å²) < 4.78 is 0. The molecule has 1 amide bonds. The molecule has 0 aliphatic rings. The van der Waals surface area contributed by atoms with Crippen molar-refractivity contribution in [2.45, 2.75) is 19.5 Å². The molecule has 0 aromatic carbocycles. The Labute approximate surface area is 58.3 Å². The van der Waals surface area contributed by atoms with Crippen LogP contribution in [-0.2, 0) is 4.84 Å². The van der Waals surface area contributed by atoms with Gasteiger partial charge in [0.05, 0.1) is 0 Å². The molecule has 0 aliphatic carbocycles. The number of carbonyl (C=O) groups is 1. The maximum atomic E-state index is 10.4. The Bertz CT molecular complexity index is 125. The summed E-state index contributed by atoms with van der Waals surface area (Å²) in [6.07, 6.45) is -0.813. The molecule has 6 nitrogen and oxygen atoms in total. The molecule has 0 bridgehead atoms. The fraction of sp³-hybridized carbons (Fsp3) is 0.750. The fourth-order valence-electron chi connectivity index (χ4n) is 0.313. The standard InChI is InChI=1S/C4H11N3O3/c1-4(2,7-9)6-3(8)10-5/h7,9H,5H2,1-2H3,(H,6,8). The Balaban J connectivity index is 3.76. The lowest BCUT2D eigenvalue weighted by atomic mass is 10.3. The largest absolute Gasteiger partial charge is 0.427 e. The van der Waals surface area contributed by atoms with Gasteiger partial charge in [-0.1, -0.05) is 0 Å². The molecule has 0 saturated carbocycles. The zero-order chi connectivity index (χ0) is 8.20. The monoisotopic (exact) mass is 149 g/mol. The quantitative estimate of drug-likeness (QED) is 0.307. The van der Waals surface area contributed by atoms with Crippen molar-refractivity contribution in [3.05, 3.63) is 0 Å². The molecular formula is C4H11N3O3. The molecule has 6 heteroatoms. The van der Waals surface area contributed by atoms with Gasteiger partial charge in [0.2, 0.25) is 0 Å². The molecule has 0 heterocycles. The van der Waals surface area contributed by atoms with E-state index in [9.17, 15) is 4.79 Å². The van der Waals surface area contributed by atoms with E-state index in [4.69, 9.17) is 5.21 Å². The summed E-state index contributed by atoms with van der Waals surface area (Å²) in [5.74, 6) is 4.51. The van der Waals surface area contributed by atoms with E-state index in [1.54, 1.807) is 0 Å². The Morgan fingerprint density at radius 2 is 2.20 bits per heavy atom. The first kappa shape index (κ1) is 9.15. The summed E-state index contributed by atoms with van der Waals surface area (Å²) in [4.78, 5) is 14.2. The van der Waals surface area contributed by atoms with Crippen molar-refractivity contribution in [3.8, 4) is 0 Å². The van der Waals surface area contributed by atoms with Gasteiger partial charge in [-0.2, -0.15) is 11.4 Å². The number of carbonyl (C=O) groups excluding carboxylic acids is 1. The summed E-state index contributed by atoms with van der Waals surface area (Å²) in [6, 6.07) is 0. The lowest BCUT2D eigenvalue weighted by Crippen LogP contribution is -2.53. The predicted molar refractivity (Wildman–Crippen MR) is 32.8 cm³/mol. The molecule has 60 valence electrons. The van der Waals surface area contributed by atoms with E-state index in [-0.39, 0.29) is 0 Å². The van der Waals surface area contributed by atoms with Crippen LogP contribution in [-0.4, -0.2) is 17.0 Å².